The summed E-state index contributed by atoms with van der Waals surface area (Å²) in [4.78, 5) is 4.71. The Bertz CT molecular complexity index is 561. The highest BCUT2D eigenvalue weighted by molar-refractivity contribution is 9.10. The molecule has 4 heteroatoms. The Morgan fingerprint density at radius 1 is 1.44 bits per heavy atom. The molecule has 18 heavy (non-hydrogen) atoms. The standard InChI is InChI=1S/C14H15BrN2S/c1-9-6-10(15)2-5-13(9)14-17-12(8-18-14)7-16-11-3-4-11/h2,5-6,8,11,16H,3-4,7H2,1H3. The van der Waals surface area contributed by atoms with Crippen molar-refractivity contribution in [2.45, 2.75) is 32.4 Å². The Morgan fingerprint density at radius 2 is 2.28 bits per heavy atom. The molecule has 0 spiro atoms. The van der Waals surface area contributed by atoms with Crippen LogP contribution in [-0.4, -0.2) is 11.0 Å². The molecule has 3 rings (SSSR count). The van der Waals surface area contributed by atoms with Crippen molar-refractivity contribution in [2.24, 2.45) is 0 Å². The largest absolute Gasteiger partial charge is 0.308 e. The van der Waals surface area contributed by atoms with Gasteiger partial charge >= 0.3 is 0 Å². The van der Waals surface area contributed by atoms with Gasteiger partial charge in [-0.3, -0.25) is 0 Å². The molecule has 0 saturated heterocycles. The molecule has 94 valence electrons. The van der Waals surface area contributed by atoms with Gasteiger partial charge in [0, 0.05) is 28.0 Å². The van der Waals surface area contributed by atoms with Crippen LogP contribution in [0.2, 0.25) is 0 Å². The van der Waals surface area contributed by atoms with E-state index in [-0.39, 0.29) is 0 Å². The molecule has 1 aromatic heterocycles. The van der Waals surface area contributed by atoms with Crippen LogP contribution >= 0.6 is 27.3 Å². The zero-order chi connectivity index (χ0) is 12.5. The molecule has 1 heterocycles. The minimum Gasteiger partial charge on any atom is -0.308 e. The SMILES string of the molecule is Cc1cc(Br)ccc1-c1nc(CNC2CC2)cs1. The summed E-state index contributed by atoms with van der Waals surface area (Å²) in [5.74, 6) is 0. The predicted molar refractivity (Wildman–Crippen MR) is 79.8 cm³/mol. The Kier molecular flexibility index (Phi) is 3.50. The summed E-state index contributed by atoms with van der Waals surface area (Å²) in [5, 5.41) is 6.78. The van der Waals surface area contributed by atoms with Crippen molar-refractivity contribution in [3.8, 4) is 10.6 Å². The first-order valence-electron chi connectivity index (χ1n) is 6.17. The fourth-order valence-corrected chi connectivity index (χ4v) is 3.30. The molecule has 1 fully saturated rings. The highest BCUT2D eigenvalue weighted by Crippen LogP contribution is 2.29. The van der Waals surface area contributed by atoms with Crippen LogP contribution in [0.4, 0.5) is 0 Å². The summed E-state index contributed by atoms with van der Waals surface area (Å²) in [6.45, 7) is 3.03. The van der Waals surface area contributed by atoms with E-state index in [4.69, 9.17) is 4.98 Å². The molecule has 0 radical (unpaired) electrons. The molecule has 1 aliphatic rings. The van der Waals surface area contributed by atoms with Gasteiger partial charge in [0.15, 0.2) is 0 Å². The highest BCUT2D eigenvalue weighted by Gasteiger charge is 2.20. The summed E-state index contributed by atoms with van der Waals surface area (Å²) in [6.07, 6.45) is 2.64. The third-order valence-corrected chi connectivity index (χ3v) is 4.54. The van der Waals surface area contributed by atoms with Crippen LogP contribution in [0.5, 0.6) is 0 Å². The van der Waals surface area contributed by atoms with Crippen LogP contribution in [0.1, 0.15) is 24.1 Å². The van der Waals surface area contributed by atoms with Crippen LogP contribution < -0.4 is 5.32 Å². The summed E-state index contributed by atoms with van der Waals surface area (Å²) in [7, 11) is 0. The van der Waals surface area contributed by atoms with Gasteiger partial charge < -0.3 is 5.32 Å². The van der Waals surface area contributed by atoms with Crippen molar-refractivity contribution in [3.63, 3.8) is 0 Å². The number of aryl methyl sites for hydroxylation is 1. The van der Waals surface area contributed by atoms with Gasteiger partial charge in [-0.2, -0.15) is 0 Å². The van der Waals surface area contributed by atoms with Gasteiger partial charge in [-0.15, -0.1) is 11.3 Å². The van der Waals surface area contributed by atoms with Crippen LogP contribution in [0.25, 0.3) is 10.6 Å². The smallest absolute Gasteiger partial charge is 0.123 e. The lowest BCUT2D eigenvalue weighted by atomic mass is 10.1. The molecule has 1 aromatic carbocycles. The maximum absolute atomic E-state index is 4.71. The Morgan fingerprint density at radius 3 is 3.00 bits per heavy atom. The third kappa shape index (κ3) is 2.82. The van der Waals surface area contributed by atoms with E-state index in [1.807, 2.05) is 0 Å². The minimum absolute atomic E-state index is 0.740. The predicted octanol–water partition coefficient (Wildman–Crippen LogP) is 4.13. The van der Waals surface area contributed by atoms with Gasteiger partial charge in [0.05, 0.1) is 5.69 Å². The van der Waals surface area contributed by atoms with Crippen LogP contribution in [0, 0.1) is 6.92 Å². The molecule has 0 amide bonds. The van der Waals surface area contributed by atoms with Gasteiger partial charge in [-0.25, -0.2) is 4.98 Å². The number of rotatable bonds is 4. The lowest BCUT2D eigenvalue weighted by Gasteiger charge is -2.02. The molecule has 0 unspecified atom stereocenters. The number of benzene rings is 1. The van der Waals surface area contributed by atoms with Crippen molar-refractivity contribution in [1.82, 2.24) is 10.3 Å². The number of aromatic nitrogens is 1. The van der Waals surface area contributed by atoms with Gasteiger partial charge in [0.1, 0.15) is 5.01 Å². The highest BCUT2D eigenvalue weighted by atomic mass is 79.9. The molecule has 0 aliphatic heterocycles. The molecule has 1 N–H and O–H groups in total. The number of hydrogen-bond donors (Lipinski definition) is 1. The second-order valence-electron chi connectivity index (χ2n) is 4.76. The first-order chi connectivity index (χ1) is 8.72. The first-order valence-corrected chi connectivity index (χ1v) is 7.84. The van der Waals surface area contributed by atoms with Crippen LogP contribution in [0.15, 0.2) is 28.1 Å². The summed E-state index contributed by atoms with van der Waals surface area (Å²) in [6, 6.07) is 7.09. The van der Waals surface area contributed by atoms with Gasteiger partial charge in [0.2, 0.25) is 0 Å². The maximum atomic E-state index is 4.71. The molecular weight excluding hydrogens is 308 g/mol. The molecule has 2 aromatic rings. The lowest BCUT2D eigenvalue weighted by Crippen LogP contribution is -2.15. The topological polar surface area (TPSA) is 24.9 Å². The molecular formula is C14H15BrN2S. The average molecular weight is 323 g/mol. The molecule has 0 bridgehead atoms. The molecule has 2 nitrogen and oxygen atoms in total. The van der Waals surface area contributed by atoms with Gasteiger partial charge in [0.25, 0.3) is 0 Å². The summed E-state index contributed by atoms with van der Waals surface area (Å²) in [5.41, 5.74) is 3.66. The number of thiazole rings is 1. The molecule has 0 atom stereocenters. The average Bonchev–Trinajstić information content (AvgIpc) is 3.05. The van der Waals surface area contributed by atoms with Crippen LogP contribution in [0.3, 0.4) is 0 Å². The van der Waals surface area contributed by atoms with E-state index in [9.17, 15) is 0 Å². The van der Waals surface area contributed by atoms with Gasteiger partial charge in [-0.05, 0) is 37.5 Å². The van der Waals surface area contributed by atoms with E-state index in [0.717, 1.165) is 27.8 Å². The van der Waals surface area contributed by atoms with E-state index in [0.29, 0.717) is 0 Å². The van der Waals surface area contributed by atoms with E-state index in [2.05, 4.69) is 51.7 Å². The van der Waals surface area contributed by atoms with E-state index in [1.165, 1.54) is 24.0 Å². The fraction of sp³-hybridized carbons (Fsp3) is 0.357. The van der Waals surface area contributed by atoms with E-state index >= 15 is 0 Å². The first kappa shape index (κ1) is 12.3. The number of nitrogens with zero attached hydrogens (tertiary/aromatic N) is 1. The Hall–Kier alpha value is -0.710. The zero-order valence-corrected chi connectivity index (χ0v) is 12.6. The maximum Gasteiger partial charge on any atom is 0.123 e. The zero-order valence-electron chi connectivity index (χ0n) is 10.2. The number of halogens is 1. The number of nitrogens with one attached hydrogen (secondary N) is 1. The lowest BCUT2D eigenvalue weighted by molar-refractivity contribution is 0.678. The summed E-state index contributed by atoms with van der Waals surface area (Å²) < 4.78 is 1.12. The third-order valence-electron chi connectivity index (χ3n) is 3.12. The summed E-state index contributed by atoms with van der Waals surface area (Å²) >= 11 is 5.22. The quantitative estimate of drug-likeness (QED) is 0.915. The van der Waals surface area contributed by atoms with Crippen molar-refractivity contribution >= 4 is 27.3 Å². The Balaban J connectivity index is 1.78. The monoisotopic (exact) mass is 322 g/mol. The molecule has 1 saturated carbocycles. The van der Waals surface area contributed by atoms with Crippen molar-refractivity contribution < 1.29 is 0 Å². The normalized spacial score (nSPS) is 15.0. The minimum atomic E-state index is 0.740. The second kappa shape index (κ2) is 5.11. The second-order valence-corrected chi connectivity index (χ2v) is 6.53. The van der Waals surface area contributed by atoms with Crippen molar-refractivity contribution in [1.29, 1.82) is 0 Å². The van der Waals surface area contributed by atoms with Crippen LogP contribution in [-0.2, 0) is 6.54 Å². The Labute approximate surface area is 120 Å². The number of hydrogen-bond acceptors (Lipinski definition) is 3. The van der Waals surface area contributed by atoms with E-state index < -0.39 is 0 Å². The fourth-order valence-electron chi connectivity index (χ4n) is 1.92. The molecule has 1 aliphatic carbocycles. The van der Waals surface area contributed by atoms with Crippen molar-refractivity contribution in [2.75, 3.05) is 0 Å². The van der Waals surface area contributed by atoms with Crippen molar-refractivity contribution in [3.05, 3.63) is 39.3 Å². The van der Waals surface area contributed by atoms with E-state index in [1.54, 1.807) is 11.3 Å². The van der Waals surface area contributed by atoms with Gasteiger partial charge in [-0.1, -0.05) is 22.0 Å².